The molecule has 0 atom stereocenters. The first-order valence-electron chi connectivity index (χ1n) is 5.58. The van der Waals surface area contributed by atoms with Crippen molar-refractivity contribution in [3.63, 3.8) is 0 Å². The van der Waals surface area contributed by atoms with E-state index in [0.717, 1.165) is 0 Å². The van der Waals surface area contributed by atoms with E-state index >= 15 is 0 Å². The second-order valence-electron chi connectivity index (χ2n) is 3.75. The van der Waals surface area contributed by atoms with Crippen molar-refractivity contribution in [2.24, 2.45) is 0 Å². The van der Waals surface area contributed by atoms with Crippen LogP contribution in [-0.2, 0) is 4.74 Å². The second kappa shape index (κ2) is 7.41. The molecule has 0 N–H and O–H groups in total. The van der Waals surface area contributed by atoms with Crippen LogP contribution >= 0.6 is 0 Å². The third-order valence-electron chi connectivity index (χ3n) is 2.46. The lowest BCUT2D eigenvalue weighted by Crippen LogP contribution is -2.28. The highest BCUT2D eigenvalue weighted by molar-refractivity contribution is 5.77. The zero-order chi connectivity index (χ0) is 13.4. The largest absolute Gasteiger partial charge is 0.383 e. The van der Waals surface area contributed by atoms with E-state index in [-0.39, 0.29) is 5.56 Å². The Morgan fingerprint density at radius 1 is 1.44 bits per heavy atom. The van der Waals surface area contributed by atoms with Gasteiger partial charge in [0.25, 0.3) is 0 Å². The molecule has 96 valence electrons. The SMILES string of the molecule is COCCN(CCC#N)c1cc(F)cc(C=O)c1. The first kappa shape index (κ1) is 14.1. The number of nitrogens with zero attached hydrogens (tertiary/aromatic N) is 2. The Kier molecular flexibility index (Phi) is 5.81. The van der Waals surface area contributed by atoms with E-state index in [9.17, 15) is 9.18 Å². The number of hydrogen-bond acceptors (Lipinski definition) is 4. The zero-order valence-electron chi connectivity index (χ0n) is 10.2. The Balaban J connectivity index is 2.92. The minimum absolute atomic E-state index is 0.282. The van der Waals surface area contributed by atoms with E-state index in [2.05, 4.69) is 0 Å². The predicted octanol–water partition coefficient (Wildman–Crippen LogP) is 2.00. The average Bonchev–Trinajstić information content (AvgIpc) is 2.38. The van der Waals surface area contributed by atoms with Gasteiger partial charge in [-0.1, -0.05) is 0 Å². The molecule has 0 unspecified atom stereocenters. The first-order valence-corrected chi connectivity index (χ1v) is 5.58. The van der Waals surface area contributed by atoms with Crippen LogP contribution in [0.1, 0.15) is 16.8 Å². The quantitative estimate of drug-likeness (QED) is 0.694. The monoisotopic (exact) mass is 250 g/mol. The van der Waals surface area contributed by atoms with Gasteiger partial charge in [-0.3, -0.25) is 4.79 Å². The number of methoxy groups -OCH3 is 1. The summed E-state index contributed by atoms with van der Waals surface area (Å²) < 4.78 is 18.3. The maximum Gasteiger partial charge on any atom is 0.150 e. The molecule has 0 fully saturated rings. The van der Waals surface area contributed by atoms with Gasteiger partial charge in [0, 0.05) is 31.5 Å². The first-order chi connectivity index (χ1) is 8.71. The van der Waals surface area contributed by atoms with Gasteiger partial charge < -0.3 is 9.64 Å². The maximum absolute atomic E-state index is 13.3. The lowest BCUT2D eigenvalue weighted by molar-refractivity contribution is 0.112. The van der Waals surface area contributed by atoms with Gasteiger partial charge in [0.15, 0.2) is 0 Å². The van der Waals surface area contributed by atoms with Gasteiger partial charge in [-0.2, -0.15) is 5.26 Å². The molecule has 0 bridgehead atoms. The molecule has 0 spiro atoms. The van der Waals surface area contributed by atoms with Crippen LogP contribution in [0.3, 0.4) is 0 Å². The van der Waals surface area contributed by atoms with Crippen molar-refractivity contribution in [3.8, 4) is 6.07 Å². The molecule has 1 aromatic carbocycles. The molecule has 1 rings (SSSR count). The van der Waals surface area contributed by atoms with Gasteiger partial charge >= 0.3 is 0 Å². The molecule has 4 nitrogen and oxygen atoms in total. The molecule has 0 aliphatic rings. The van der Waals surface area contributed by atoms with E-state index in [4.69, 9.17) is 10.00 Å². The highest BCUT2D eigenvalue weighted by Gasteiger charge is 2.09. The number of anilines is 1. The van der Waals surface area contributed by atoms with Crippen molar-refractivity contribution < 1.29 is 13.9 Å². The Morgan fingerprint density at radius 2 is 2.22 bits per heavy atom. The molecule has 0 aliphatic carbocycles. The Morgan fingerprint density at radius 3 is 2.83 bits per heavy atom. The van der Waals surface area contributed by atoms with Crippen molar-refractivity contribution in [1.29, 1.82) is 5.26 Å². The summed E-state index contributed by atoms with van der Waals surface area (Å²) in [4.78, 5) is 12.5. The summed E-state index contributed by atoms with van der Waals surface area (Å²) >= 11 is 0. The topological polar surface area (TPSA) is 53.3 Å². The van der Waals surface area contributed by atoms with E-state index in [1.54, 1.807) is 13.2 Å². The van der Waals surface area contributed by atoms with E-state index in [0.29, 0.717) is 38.1 Å². The van der Waals surface area contributed by atoms with Crippen LogP contribution in [0.15, 0.2) is 18.2 Å². The van der Waals surface area contributed by atoms with Gasteiger partial charge in [-0.25, -0.2) is 4.39 Å². The zero-order valence-corrected chi connectivity index (χ0v) is 10.2. The lowest BCUT2D eigenvalue weighted by atomic mass is 10.2. The molecule has 1 aromatic rings. The van der Waals surface area contributed by atoms with Crippen molar-refractivity contribution in [1.82, 2.24) is 0 Å². The fourth-order valence-corrected chi connectivity index (χ4v) is 1.60. The minimum Gasteiger partial charge on any atom is -0.383 e. The third-order valence-corrected chi connectivity index (χ3v) is 2.46. The highest BCUT2D eigenvalue weighted by atomic mass is 19.1. The summed E-state index contributed by atoms with van der Waals surface area (Å²) in [5.74, 6) is -0.464. The molecular formula is C13H15FN2O2. The number of hydrogen-bond donors (Lipinski definition) is 0. The lowest BCUT2D eigenvalue weighted by Gasteiger charge is -2.23. The highest BCUT2D eigenvalue weighted by Crippen LogP contribution is 2.18. The summed E-state index contributed by atoms with van der Waals surface area (Å²) in [6, 6.07) is 6.17. The fraction of sp³-hybridized carbons (Fsp3) is 0.385. The summed E-state index contributed by atoms with van der Waals surface area (Å²) in [7, 11) is 1.57. The number of carbonyl (C=O) groups excluding carboxylic acids is 1. The van der Waals surface area contributed by atoms with Gasteiger partial charge in [-0.05, 0) is 18.2 Å². The van der Waals surface area contributed by atoms with Gasteiger partial charge in [0.05, 0.1) is 19.1 Å². The van der Waals surface area contributed by atoms with Crippen molar-refractivity contribution in [2.75, 3.05) is 31.7 Å². The standard InChI is InChI=1S/C13H15FN2O2/c1-18-6-5-16(4-2-3-15)13-8-11(10-17)7-12(14)9-13/h7-10H,2,4-6H2,1H3. The summed E-state index contributed by atoms with van der Waals surface area (Å²) in [5.41, 5.74) is 0.869. The van der Waals surface area contributed by atoms with Crippen LogP contribution in [0.4, 0.5) is 10.1 Å². The fourth-order valence-electron chi connectivity index (χ4n) is 1.60. The smallest absolute Gasteiger partial charge is 0.150 e. The van der Waals surface area contributed by atoms with Gasteiger partial charge in [0.1, 0.15) is 12.1 Å². The van der Waals surface area contributed by atoms with E-state index in [1.165, 1.54) is 12.1 Å². The second-order valence-corrected chi connectivity index (χ2v) is 3.75. The van der Waals surface area contributed by atoms with Crippen LogP contribution in [0.5, 0.6) is 0 Å². The number of benzene rings is 1. The van der Waals surface area contributed by atoms with E-state index < -0.39 is 5.82 Å². The molecule has 0 saturated carbocycles. The Bertz CT molecular complexity index is 443. The Labute approximate surface area is 106 Å². The molecule has 0 amide bonds. The van der Waals surface area contributed by atoms with Crippen LogP contribution < -0.4 is 4.90 Å². The van der Waals surface area contributed by atoms with Crippen LogP contribution in [0, 0.1) is 17.1 Å². The molecule has 5 heteroatoms. The molecular weight excluding hydrogens is 235 g/mol. The van der Waals surface area contributed by atoms with Gasteiger partial charge in [-0.15, -0.1) is 0 Å². The number of ether oxygens (including phenoxy) is 1. The maximum atomic E-state index is 13.3. The normalized spacial score (nSPS) is 9.83. The number of rotatable bonds is 7. The summed E-state index contributed by atoms with van der Waals surface area (Å²) in [6.45, 7) is 1.49. The number of aldehydes is 1. The average molecular weight is 250 g/mol. The number of nitriles is 1. The van der Waals surface area contributed by atoms with Gasteiger partial charge in [0.2, 0.25) is 0 Å². The van der Waals surface area contributed by atoms with Crippen molar-refractivity contribution in [2.45, 2.75) is 6.42 Å². The summed E-state index contributed by atoms with van der Waals surface area (Å²) in [5, 5.41) is 8.60. The molecule has 18 heavy (non-hydrogen) atoms. The molecule has 0 aliphatic heterocycles. The summed E-state index contributed by atoms with van der Waals surface area (Å²) in [6.07, 6.45) is 0.933. The Hall–Kier alpha value is -1.93. The third kappa shape index (κ3) is 4.15. The van der Waals surface area contributed by atoms with Crippen molar-refractivity contribution >= 4 is 12.0 Å². The van der Waals surface area contributed by atoms with Crippen LogP contribution in [-0.4, -0.2) is 33.1 Å². The van der Waals surface area contributed by atoms with Crippen LogP contribution in [0.25, 0.3) is 0 Å². The molecule has 0 saturated heterocycles. The van der Waals surface area contributed by atoms with E-state index in [1.807, 2.05) is 11.0 Å². The number of carbonyl (C=O) groups is 1. The minimum atomic E-state index is -0.464. The number of halogens is 1. The molecule has 0 radical (unpaired) electrons. The predicted molar refractivity (Wildman–Crippen MR) is 66.1 cm³/mol. The molecule has 0 aromatic heterocycles. The van der Waals surface area contributed by atoms with Crippen molar-refractivity contribution in [3.05, 3.63) is 29.6 Å². The molecule has 0 heterocycles. The van der Waals surface area contributed by atoms with Crippen LogP contribution in [0.2, 0.25) is 0 Å².